The van der Waals surface area contributed by atoms with E-state index in [9.17, 15) is 4.79 Å². The number of nitrogens with zero attached hydrogens (tertiary/aromatic N) is 1. The number of nitrogens with one attached hydrogen (secondary N) is 1. The second kappa shape index (κ2) is 5.45. The predicted molar refractivity (Wildman–Crippen MR) is 85.8 cm³/mol. The third-order valence-corrected chi connectivity index (χ3v) is 5.74. The van der Waals surface area contributed by atoms with Gasteiger partial charge in [0.2, 0.25) is 5.91 Å². The Bertz CT molecular complexity index is 573. The second-order valence-corrected chi connectivity index (χ2v) is 7.42. The first-order valence-corrected chi connectivity index (χ1v) is 8.10. The first-order chi connectivity index (χ1) is 9.89. The molecule has 0 bridgehead atoms. The van der Waals surface area contributed by atoms with Crippen molar-refractivity contribution in [3.05, 3.63) is 33.8 Å². The number of hydrogen-bond acceptors (Lipinski definition) is 2. The van der Waals surface area contributed by atoms with Crippen LogP contribution in [-0.2, 0) is 11.2 Å². The van der Waals surface area contributed by atoms with Crippen LogP contribution in [0.15, 0.2) is 18.2 Å². The third kappa shape index (κ3) is 2.67. The lowest BCUT2D eigenvalue weighted by Gasteiger charge is -2.35. The molecular formula is C16H20Cl2N2O. The van der Waals surface area contributed by atoms with Crippen molar-refractivity contribution in [3.8, 4) is 0 Å². The molecule has 21 heavy (non-hydrogen) atoms. The summed E-state index contributed by atoms with van der Waals surface area (Å²) in [5.41, 5.74) is 0.835. The zero-order valence-corrected chi connectivity index (χ0v) is 13.8. The van der Waals surface area contributed by atoms with E-state index in [2.05, 4.69) is 19.2 Å². The number of hydrogen-bond donors (Lipinski definition) is 1. The number of amides is 1. The molecule has 0 spiro atoms. The molecule has 1 N–H and O–H groups in total. The lowest BCUT2D eigenvalue weighted by atomic mass is 9.85. The highest BCUT2D eigenvalue weighted by atomic mass is 35.5. The zero-order valence-electron chi connectivity index (χ0n) is 12.3. The first kappa shape index (κ1) is 15.1. The minimum absolute atomic E-state index is 0.0819. The summed E-state index contributed by atoms with van der Waals surface area (Å²) >= 11 is 11.9. The van der Waals surface area contributed by atoms with Crippen LogP contribution in [0.3, 0.4) is 0 Å². The Morgan fingerprint density at radius 1 is 1.33 bits per heavy atom. The fraction of sp³-hybridized carbons (Fsp3) is 0.562. The summed E-state index contributed by atoms with van der Waals surface area (Å²) < 4.78 is 0. The summed E-state index contributed by atoms with van der Waals surface area (Å²) in [4.78, 5) is 14.7. The van der Waals surface area contributed by atoms with Crippen molar-refractivity contribution in [2.24, 2.45) is 11.8 Å². The van der Waals surface area contributed by atoms with E-state index in [-0.39, 0.29) is 11.4 Å². The summed E-state index contributed by atoms with van der Waals surface area (Å²) in [7, 11) is 0. The Morgan fingerprint density at radius 3 is 2.76 bits per heavy atom. The van der Waals surface area contributed by atoms with Crippen molar-refractivity contribution in [2.45, 2.75) is 25.8 Å². The molecule has 5 heteroatoms. The summed E-state index contributed by atoms with van der Waals surface area (Å²) in [6.45, 7) is 7.23. The van der Waals surface area contributed by atoms with Gasteiger partial charge in [-0.15, -0.1) is 0 Å². The summed E-state index contributed by atoms with van der Waals surface area (Å²) in [6, 6.07) is 5.41. The lowest BCUT2D eigenvalue weighted by molar-refractivity contribution is -0.134. The molecule has 2 saturated heterocycles. The molecule has 1 aromatic carbocycles. The number of likely N-dealkylation sites (tertiary alicyclic amines) is 1. The zero-order chi connectivity index (χ0) is 15.2. The Morgan fingerprint density at radius 2 is 2.10 bits per heavy atom. The normalized spacial score (nSPS) is 27.0. The molecule has 2 heterocycles. The van der Waals surface area contributed by atoms with E-state index < -0.39 is 0 Å². The van der Waals surface area contributed by atoms with Crippen LogP contribution in [0.1, 0.15) is 19.4 Å². The highest BCUT2D eigenvalue weighted by Crippen LogP contribution is 2.40. The van der Waals surface area contributed by atoms with E-state index in [0.29, 0.717) is 28.3 Å². The van der Waals surface area contributed by atoms with Gasteiger partial charge in [0, 0.05) is 25.2 Å². The highest BCUT2D eigenvalue weighted by Gasteiger charge is 2.50. The van der Waals surface area contributed by atoms with Crippen LogP contribution in [0.2, 0.25) is 10.0 Å². The number of benzene rings is 1. The molecule has 2 aliphatic rings. The maximum absolute atomic E-state index is 12.7. The van der Waals surface area contributed by atoms with E-state index in [0.717, 1.165) is 25.2 Å². The number of rotatable bonds is 2. The van der Waals surface area contributed by atoms with Gasteiger partial charge in [-0.3, -0.25) is 4.79 Å². The van der Waals surface area contributed by atoms with E-state index in [1.165, 1.54) is 0 Å². The van der Waals surface area contributed by atoms with E-state index in [1.807, 2.05) is 11.0 Å². The summed E-state index contributed by atoms with van der Waals surface area (Å²) in [5, 5.41) is 4.46. The molecule has 1 amide bonds. The largest absolute Gasteiger partial charge is 0.337 e. The molecule has 114 valence electrons. The molecule has 2 unspecified atom stereocenters. The SMILES string of the molecule is CC1(C)C2CNCC2CN1C(=O)Cc1ccc(Cl)c(Cl)c1. The van der Waals surface area contributed by atoms with Crippen molar-refractivity contribution in [3.63, 3.8) is 0 Å². The van der Waals surface area contributed by atoms with Crippen LogP contribution in [0.5, 0.6) is 0 Å². The van der Waals surface area contributed by atoms with Crippen LogP contribution < -0.4 is 5.32 Å². The number of carbonyl (C=O) groups excluding carboxylic acids is 1. The molecule has 0 aromatic heterocycles. The van der Waals surface area contributed by atoms with Gasteiger partial charge in [-0.25, -0.2) is 0 Å². The van der Waals surface area contributed by atoms with Gasteiger partial charge >= 0.3 is 0 Å². The molecule has 2 fully saturated rings. The molecule has 3 rings (SSSR count). The van der Waals surface area contributed by atoms with Gasteiger partial charge in [-0.2, -0.15) is 0 Å². The first-order valence-electron chi connectivity index (χ1n) is 7.34. The van der Waals surface area contributed by atoms with Crippen LogP contribution in [-0.4, -0.2) is 36.0 Å². The Balaban J connectivity index is 1.75. The molecule has 0 aliphatic carbocycles. The smallest absolute Gasteiger partial charge is 0.227 e. The lowest BCUT2D eigenvalue weighted by Crippen LogP contribution is -2.48. The maximum atomic E-state index is 12.7. The minimum atomic E-state index is -0.0819. The highest BCUT2D eigenvalue weighted by molar-refractivity contribution is 6.42. The standard InChI is InChI=1S/C16H20Cl2N2O/c1-16(2)12-8-19-7-11(12)9-20(16)15(21)6-10-3-4-13(17)14(18)5-10/h3-5,11-12,19H,6-9H2,1-2H3. The van der Waals surface area contributed by atoms with E-state index >= 15 is 0 Å². The second-order valence-electron chi connectivity index (χ2n) is 6.61. The van der Waals surface area contributed by atoms with Crippen LogP contribution >= 0.6 is 23.2 Å². The molecule has 0 radical (unpaired) electrons. The van der Waals surface area contributed by atoms with Crippen molar-refractivity contribution in [1.29, 1.82) is 0 Å². The maximum Gasteiger partial charge on any atom is 0.227 e. The summed E-state index contributed by atoms with van der Waals surface area (Å²) in [6.07, 6.45) is 0.382. The molecule has 1 aromatic rings. The Labute approximate surface area is 135 Å². The monoisotopic (exact) mass is 326 g/mol. The van der Waals surface area contributed by atoms with Crippen LogP contribution in [0.4, 0.5) is 0 Å². The predicted octanol–water partition coefficient (Wildman–Crippen LogP) is 2.99. The van der Waals surface area contributed by atoms with Crippen LogP contribution in [0.25, 0.3) is 0 Å². The molecule has 0 saturated carbocycles. The van der Waals surface area contributed by atoms with Crippen LogP contribution in [0, 0.1) is 11.8 Å². The van der Waals surface area contributed by atoms with Crippen molar-refractivity contribution in [2.75, 3.05) is 19.6 Å². The number of carbonyl (C=O) groups is 1. The fourth-order valence-electron chi connectivity index (χ4n) is 3.76. The Hall–Kier alpha value is -0.770. The number of fused-ring (bicyclic) bond motifs is 1. The van der Waals surface area contributed by atoms with E-state index in [1.54, 1.807) is 12.1 Å². The van der Waals surface area contributed by atoms with Gasteiger partial charge in [0.25, 0.3) is 0 Å². The van der Waals surface area contributed by atoms with E-state index in [4.69, 9.17) is 23.2 Å². The van der Waals surface area contributed by atoms with Gasteiger partial charge in [0.1, 0.15) is 0 Å². The summed E-state index contributed by atoms with van der Waals surface area (Å²) in [5.74, 6) is 1.31. The molecule has 2 aliphatic heterocycles. The topological polar surface area (TPSA) is 32.3 Å². The van der Waals surface area contributed by atoms with Gasteiger partial charge in [-0.1, -0.05) is 29.3 Å². The van der Waals surface area contributed by atoms with Crippen molar-refractivity contribution < 1.29 is 4.79 Å². The number of halogens is 2. The Kier molecular flexibility index (Phi) is 3.93. The van der Waals surface area contributed by atoms with Gasteiger partial charge in [-0.05, 0) is 43.4 Å². The van der Waals surface area contributed by atoms with Gasteiger partial charge < -0.3 is 10.2 Å². The molecule has 2 atom stereocenters. The van der Waals surface area contributed by atoms with Gasteiger partial charge in [0.05, 0.1) is 16.5 Å². The average molecular weight is 327 g/mol. The minimum Gasteiger partial charge on any atom is -0.337 e. The fourth-order valence-corrected chi connectivity index (χ4v) is 4.09. The van der Waals surface area contributed by atoms with Gasteiger partial charge in [0.15, 0.2) is 0 Å². The molecular weight excluding hydrogens is 307 g/mol. The van der Waals surface area contributed by atoms with Crippen molar-refractivity contribution in [1.82, 2.24) is 10.2 Å². The quantitative estimate of drug-likeness (QED) is 0.906. The third-order valence-electron chi connectivity index (χ3n) is 5.00. The van der Waals surface area contributed by atoms with Crippen molar-refractivity contribution >= 4 is 29.1 Å². The molecule has 3 nitrogen and oxygen atoms in total. The average Bonchev–Trinajstić information content (AvgIpc) is 2.96.